The van der Waals surface area contributed by atoms with Crippen LogP contribution in [-0.4, -0.2) is 53.5 Å². The molecule has 1 aromatic carbocycles. The normalized spacial score (nSPS) is 12.0. The van der Waals surface area contributed by atoms with Crippen LogP contribution in [0.3, 0.4) is 0 Å². The third-order valence-electron chi connectivity index (χ3n) is 4.21. The molecule has 9 heteroatoms. The molecule has 0 aliphatic carbocycles. The molecule has 3 aromatic rings. The Morgan fingerprint density at radius 1 is 1.36 bits per heavy atom. The van der Waals surface area contributed by atoms with Crippen molar-refractivity contribution in [2.24, 2.45) is 0 Å². The molecule has 1 unspecified atom stereocenters. The van der Waals surface area contributed by atoms with Gasteiger partial charge in [0.05, 0.1) is 19.9 Å². The van der Waals surface area contributed by atoms with Gasteiger partial charge in [-0.1, -0.05) is 12.1 Å². The van der Waals surface area contributed by atoms with E-state index in [1.54, 1.807) is 28.7 Å². The molecule has 0 saturated carbocycles. The number of esters is 1. The molecule has 0 fully saturated rings. The summed E-state index contributed by atoms with van der Waals surface area (Å²) in [5, 5.41) is 4.51. The Balaban J connectivity index is 1.85. The highest BCUT2D eigenvalue weighted by Crippen LogP contribution is 2.26. The minimum atomic E-state index is -0.679. The van der Waals surface area contributed by atoms with E-state index in [1.165, 1.54) is 18.4 Å². The zero-order valence-electron chi connectivity index (χ0n) is 15.8. The summed E-state index contributed by atoms with van der Waals surface area (Å²) < 4.78 is 11.8. The lowest BCUT2D eigenvalue weighted by Crippen LogP contribution is -2.42. The van der Waals surface area contributed by atoms with Gasteiger partial charge in [0.2, 0.25) is 0 Å². The van der Waals surface area contributed by atoms with Crippen LogP contribution in [0.2, 0.25) is 0 Å². The number of benzene rings is 1. The fourth-order valence-corrected chi connectivity index (χ4v) is 4.05. The Kier molecular flexibility index (Phi) is 6.58. The van der Waals surface area contributed by atoms with Gasteiger partial charge in [0, 0.05) is 17.1 Å². The number of methoxy groups -OCH3 is 2. The van der Waals surface area contributed by atoms with E-state index in [2.05, 4.69) is 10.3 Å². The topological polar surface area (TPSA) is 81.9 Å². The van der Waals surface area contributed by atoms with Gasteiger partial charge in [0.25, 0.3) is 5.91 Å². The maximum Gasteiger partial charge on any atom is 0.328 e. The first-order valence-electron chi connectivity index (χ1n) is 8.56. The predicted molar refractivity (Wildman–Crippen MR) is 111 cm³/mol. The van der Waals surface area contributed by atoms with Crippen LogP contribution in [-0.2, 0) is 9.53 Å². The molecule has 0 aliphatic heterocycles. The van der Waals surface area contributed by atoms with Gasteiger partial charge >= 0.3 is 5.97 Å². The van der Waals surface area contributed by atoms with Crippen molar-refractivity contribution in [2.45, 2.75) is 12.5 Å². The lowest BCUT2D eigenvalue weighted by molar-refractivity contribution is -0.142. The van der Waals surface area contributed by atoms with Gasteiger partial charge < -0.3 is 14.8 Å². The third-order valence-corrected chi connectivity index (χ3v) is 5.69. The average molecular weight is 420 g/mol. The van der Waals surface area contributed by atoms with Gasteiger partial charge in [-0.3, -0.25) is 9.20 Å². The smallest absolute Gasteiger partial charge is 0.328 e. The number of nitrogens with one attached hydrogen (secondary N) is 1. The molecule has 2 heterocycles. The lowest BCUT2D eigenvalue weighted by Gasteiger charge is -2.15. The molecule has 2 aromatic heterocycles. The van der Waals surface area contributed by atoms with Gasteiger partial charge in [-0.05, 0) is 30.6 Å². The number of hydrogen-bond donors (Lipinski definition) is 1. The van der Waals surface area contributed by atoms with Crippen molar-refractivity contribution in [3.63, 3.8) is 0 Å². The van der Waals surface area contributed by atoms with E-state index in [4.69, 9.17) is 9.47 Å². The molecule has 148 valence electrons. The molecule has 1 amide bonds. The van der Waals surface area contributed by atoms with Crippen molar-refractivity contribution < 1.29 is 19.1 Å². The van der Waals surface area contributed by atoms with E-state index in [-0.39, 0.29) is 5.91 Å². The first-order chi connectivity index (χ1) is 13.6. The van der Waals surface area contributed by atoms with Gasteiger partial charge in [-0.15, -0.1) is 11.3 Å². The van der Waals surface area contributed by atoms with Crippen molar-refractivity contribution >= 4 is 39.9 Å². The van der Waals surface area contributed by atoms with Crippen molar-refractivity contribution in [2.75, 3.05) is 26.2 Å². The Morgan fingerprint density at radius 2 is 2.18 bits per heavy atom. The van der Waals surface area contributed by atoms with Crippen molar-refractivity contribution in [1.82, 2.24) is 14.7 Å². The molecule has 1 atom stereocenters. The van der Waals surface area contributed by atoms with Crippen molar-refractivity contribution in [3.05, 3.63) is 41.5 Å². The zero-order valence-corrected chi connectivity index (χ0v) is 17.4. The summed E-state index contributed by atoms with van der Waals surface area (Å²) in [7, 11) is 2.93. The SMILES string of the molecule is COC(=O)C(CCSC)NC(=O)c1csc2nc(-c3cccc(OC)c3)cn12. The number of hydrogen-bond acceptors (Lipinski definition) is 7. The fraction of sp³-hybridized carbons (Fsp3) is 0.316. The van der Waals surface area contributed by atoms with Gasteiger partial charge in [-0.2, -0.15) is 11.8 Å². The summed E-state index contributed by atoms with van der Waals surface area (Å²) in [6.45, 7) is 0. The molecule has 3 rings (SSSR count). The number of carbonyl (C=O) groups is 2. The van der Waals surface area contributed by atoms with E-state index in [0.29, 0.717) is 17.1 Å². The minimum Gasteiger partial charge on any atom is -0.497 e. The molecule has 28 heavy (non-hydrogen) atoms. The van der Waals surface area contributed by atoms with Crippen LogP contribution in [0, 0.1) is 0 Å². The third kappa shape index (κ3) is 4.31. The average Bonchev–Trinajstić information content (AvgIpc) is 3.31. The highest BCUT2D eigenvalue weighted by atomic mass is 32.2. The number of thioether (sulfide) groups is 1. The monoisotopic (exact) mass is 419 g/mol. The fourth-order valence-electron chi connectivity index (χ4n) is 2.73. The van der Waals surface area contributed by atoms with Gasteiger partial charge in [-0.25, -0.2) is 9.78 Å². The van der Waals surface area contributed by atoms with Crippen LogP contribution in [0.25, 0.3) is 16.2 Å². The standard InChI is InChI=1S/C19H21N3O4S2/c1-25-13-6-4-5-12(9-13)15-10-22-16(11-28-19(22)21-15)17(23)20-14(7-8-27-3)18(24)26-2/h4-6,9-11,14H,7-8H2,1-3H3,(H,20,23). The summed E-state index contributed by atoms with van der Waals surface area (Å²) in [5.41, 5.74) is 2.07. The number of thiazole rings is 1. The van der Waals surface area contributed by atoms with Crippen LogP contribution in [0.1, 0.15) is 16.9 Å². The lowest BCUT2D eigenvalue weighted by atomic mass is 10.1. The molecule has 0 saturated heterocycles. The number of nitrogens with zero attached hydrogens (tertiary/aromatic N) is 2. The first kappa shape index (κ1) is 20.2. The maximum absolute atomic E-state index is 12.8. The number of amides is 1. The van der Waals surface area contributed by atoms with Crippen LogP contribution in [0.5, 0.6) is 5.75 Å². The molecule has 0 bridgehead atoms. The van der Waals surface area contributed by atoms with E-state index in [9.17, 15) is 9.59 Å². The molecular weight excluding hydrogens is 398 g/mol. The van der Waals surface area contributed by atoms with E-state index >= 15 is 0 Å². The number of ether oxygens (including phenoxy) is 2. The highest BCUT2D eigenvalue weighted by Gasteiger charge is 2.24. The quantitative estimate of drug-likeness (QED) is 0.565. The van der Waals surface area contributed by atoms with Crippen LogP contribution >= 0.6 is 23.1 Å². The molecule has 0 aliphatic rings. The van der Waals surface area contributed by atoms with Crippen LogP contribution < -0.4 is 10.1 Å². The molecule has 7 nitrogen and oxygen atoms in total. The van der Waals surface area contributed by atoms with E-state index < -0.39 is 12.0 Å². The Morgan fingerprint density at radius 3 is 2.89 bits per heavy atom. The van der Waals surface area contributed by atoms with Crippen LogP contribution in [0.15, 0.2) is 35.8 Å². The van der Waals surface area contributed by atoms with E-state index in [1.807, 2.05) is 36.7 Å². The second kappa shape index (κ2) is 9.11. The van der Waals surface area contributed by atoms with Crippen molar-refractivity contribution in [3.8, 4) is 17.0 Å². The van der Waals surface area contributed by atoms with Gasteiger partial charge in [0.15, 0.2) is 4.96 Å². The number of imidazole rings is 1. The van der Waals surface area contributed by atoms with E-state index in [0.717, 1.165) is 22.8 Å². The molecular formula is C19H21N3O4S2. The van der Waals surface area contributed by atoms with Crippen LogP contribution in [0.4, 0.5) is 0 Å². The minimum absolute atomic E-state index is 0.336. The Labute approximate surface area is 171 Å². The summed E-state index contributed by atoms with van der Waals surface area (Å²) in [5.74, 6) is 0.694. The van der Waals surface area contributed by atoms with Crippen molar-refractivity contribution in [1.29, 1.82) is 0 Å². The first-order valence-corrected chi connectivity index (χ1v) is 10.8. The predicted octanol–water partition coefficient (Wildman–Crippen LogP) is 3.10. The second-order valence-corrected chi connectivity index (χ2v) is 7.78. The zero-order chi connectivity index (χ0) is 20.1. The number of rotatable bonds is 8. The molecule has 0 spiro atoms. The summed E-state index contributed by atoms with van der Waals surface area (Å²) in [6.07, 6.45) is 4.26. The summed E-state index contributed by atoms with van der Waals surface area (Å²) in [6, 6.07) is 6.90. The number of fused-ring (bicyclic) bond motifs is 1. The maximum atomic E-state index is 12.8. The highest BCUT2D eigenvalue weighted by molar-refractivity contribution is 7.98. The van der Waals surface area contributed by atoms with Gasteiger partial charge in [0.1, 0.15) is 17.5 Å². The largest absolute Gasteiger partial charge is 0.497 e. The second-order valence-electron chi connectivity index (χ2n) is 5.96. The number of aromatic nitrogens is 2. The molecule has 0 radical (unpaired) electrons. The number of carbonyl (C=O) groups excluding carboxylic acids is 2. The Hall–Kier alpha value is -2.52. The Bertz CT molecular complexity index is 983. The molecule has 1 N–H and O–H groups in total. The summed E-state index contributed by atoms with van der Waals surface area (Å²) in [4.78, 5) is 30.0. The summed E-state index contributed by atoms with van der Waals surface area (Å²) >= 11 is 2.97.